The van der Waals surface area contributed by atoms with Crippen LogP contribution < -0.4 is 4.74 Å². The molecular formula is C19H19Cl3N2O. The van der Waals surface area contributed by atoms with Crippen LogP contribution in [0.4, 0.5) is 0 Å². The Morgan fingerprint density at radius 1 is 1.20 bits per heavy atom. The highest BCUT2D eigenvalue weighted by atomic mass is 35.5. The third-order valence-electron chi connectivity index (χ3n) is 4.20. The van der Waals surface area contributed by atoms with Gasteiger partial charge in [0, 0.05) is 29.9 Å². The van der Waals surface area contributed by atoms with Gasteiger partial charge in [-0.3, -0.25) is 4.98 Å². The summed E-state index contributed by atoms with van der Waals surface area (Å²) in [6.45, 7) is 9.19. The average Bonchev–Trinajstić information content (AvgIpc) is 2.82. The molecule has 2 heterocycles. The van der Waals surface area contributed by atoms with Gasteiger partial charge in [-0.2, -0.15) is 0 Å². The van der Waals surface area contributed by atoms with Gasteiger partial charge in [0.1, 0.15) is 18.1 Å². The molecule has 0 spiro atoms. The summed E-state index contributed by atoms with van der Waals surface area (Å²) < 4.78 is 8.09. The minimum atomic E-state index is 0. The second-order valence-corrected chi connectivity index (χ2v) is 6.44. The van der Waals surface area contributed by atoms with E-state index in [1.54, 1.807) is 18.2 Å². The minimum Gasteiger partial charge on any atom is -0.487 e. The Kier molecular flexibility index (Phi) is 6.39. The number of aromatic nitrogens is 2. The molecule has 0 bridgehead atoms. The molecule has 132 valence electrons. The van der Waals surface area contributed by atoms with Crippen LogP contribution in [0.25, 0.3) is 10.9 Å². The lowest BCUT2D eigenvalue weighted by molar-refractivity contribution is 0.302. The zero-order valence-corrected chi connectivity index (χ0v) is 16.4. The summed E-state index contributed by atoms with van der Waals surface area (Å²) in [5.41, 5.74) is 4.45. The van der Waals surface area contributed by atoms with Gasteiger partial charge in [0.2, 0.25) is 0 Å². The van der Waals surface area contributed by atoms with E-state index in [1.165, 1.54) is 16.6 Å². The van der Waals surface area contributed by atoms with Crippen LogP contribution in [0.1, 0.15) is 17.0 Å². The van der Waals surface area contributed by atoms with Crippen LogP contribution in [0.5, 0.6) is 5.75 Å². The Morgan fingerprint density at radius 3 is 2.64 bits per heavy atom. The summed E-state index contributed by atoms with van der Waals surface area (Å²) in [6.07, 6.45) is 3.71. The summed E-state index contributed by atoms with van der Waals surface area (Å²) in [6, 6.07) is 7.28. The van der Waals surface area contributed by atoms with Crippen molar-refractivity contribution in [3.63, 3.8) is 0 Å². The summed E-state index contributed by atoms with van der Waals surface area (Å²) in [7, 11) is 0. The topological polar surface area (TPSA) is 27.1 Å². The second-order valence-electron chi connectivity index (χ2n) is 5.63. The molecule has 0 saturated carbocycles. The summed E-state index contributed by atoms with van der Waals surface area (Å²) in [4.78, 5) is 4.52. The maximum Gasteiger partial charge on any atom is 0.132 e. The molecule has 0 fully saturated rings. The van der Waals surface area contributed by atoms with Crippen molar-refractivity contribution >= 4 is 46.5 Å². The summed E-state index contributed by atoms with van der Waals surface area (Å²) in [5.74, 6) is 0.665. The predicted octanol–water partition coefficient (Wildman–Crippen LogP) is 6.15. The van der Waals surface area contributed by atoms with Crippen LogP contribution in [0.2, 0.25) is 10.0 Å². The maximum absolute atomic E-state index is 6.04. The van der Waals surface area contributed by atoms with Crippen LogP contribution in [0.3, 0.4) is 0 Å². The Balaban J connectivity index is 0.00000225. The second kappa shape index (κ2) is 8.13. The van der Waals surface area contributed by atoms with Gasteiger partial charge in [-0.25, -0.2) is 0 Å². The molecule has 0 atom stereocenters. The van der Waals surface area contributed by atoms with Gasteiger partial charge in [0.15, 0.2) is 0 Å². The number of allylic oxidation sites excluding steroid dienone is 1. The van der Waals surface area contributed by atoms with Crippen molar-refractivity contribution in [2.75, 3.05) is 0 Å². The minimum absolute atomic E-state index is 0. The zero-order chi connectivity index (χ0) is 17.3. The van der Waals surface area contributed by atoms with Crippen LogP contribution in [-0.2, 0) is 13.2 Å². The van der Waals surface area contributed by atoms with Crippen molar-refractivity contribution in [1.82, 2.24) is 9.55 Å². The number of pyridine rings is 1. The van der Waals surface area contributed by atoms with Crippen molar-refractivity contribution in [2.45, 2.75) is 27.0 Å². The molecule has 3 nitrogen and oxygen atoms in total. The molecule has 1 aromatic carbocycles. The molecule has 0 N–H and O–H groups in total. The van der Waals surface area contributed by atoms with Gasteiger partial charge in [0.05, 0.1) is 15.6 Å². The molecule has 25 heavy (non-hydrogen) atoms. The van der Waals surface area contributed by atoms with E-state index in [0.29, 0.717) is 22.4 Å². The van der Waals surface area contributed by atoms with Gasteiger partial charge in [-0.05, 0) is 37.6 Å². The first-order valence-electron chi connectivity index (χ1n) is 7.65. The molecule has 3 rings (SSSR count). The maximum atomic E-state index is 6.04. The number of nitrogens with zero attached hydrogens (tertiary/aromatic N) is 2. The highest BCUT2D eigenvalue weighted by molar-refractivity contribution is 6.42. The quantitative estimate of drug-likeness (QED) is 0.483. The molecule has 0 unspecified atom stereocenters. The van der Waals surface area contributed by atoms with Crippen LogP contribution in [-0.4, -0.2) is 9.55 Å². The van der Waals surface area contributed by atoms with E-state index in [9.17, 15) is 0 Å². The molecule has 0 amide bonds. The van der Waals surface area contributed by atoms with Crippen LogP contribution in [0.15, 0.2) is 43.1 Å². The summed E-state index contributed by atoms with van der Waals surface area (Å²) in [5, 5.41) is 2.18. The molecule has 0 aliphatic rings. The lowest BCUT2D eigenvalue weighted by Gasteiger charge is -2.11. The highest BCUT2D eigenvalue weighted by Crippen LogP contribution is 2.29. The Labute approximate surface area is 163 Å². The summed E-state index contributed by atoms with van der Waals surface area (Å²) >= 11 is 12.0. The van der Waals surface area contributed by atoms with E-state index >= 15 is 0 Å². The SMILES string of the molecule is C=CCn1c(C)c(C)c2ccnc(COc3ccc(Cl)c(Cl)c3)c21.Cl. The van der Waals surface area contributed by atoms with Gasteiger partial charge < -0.3 is 9.30 Å². The molecule has 0 radical (unpaired) electrons. The zero-order valence-electron chi connectivity index (χ0n) is 14.1. The molecule has 2 aromatic heterocycles. The lowest BCUT2D eigenvalue weighted by atomic mass is 10.2. The Hall–Kier alpha value is -1.68. The lowest BCUT2D eigenvalue weighted by Crippen LogP contribution is -2.04. The fourth-order valence-electron chi connectivity index (χ4n) is 2.85. The first-order valence-corrected chi connectivity index (χ1v) is 8.40. The van der Waals surface area contributed by atoms with Crippen molar-refractivity contribution in [2.24, 2.45) is 0 Å². The van der Waals surface area contributed by atoms with Crippen molar-refractivity contribution < 1.29 is 4.74 Å². The highest BCUT2D eigenvalue weighted by Gasteiger charge is 2.15. The number of aryl methyl sites for hydroxylation is 1. The van der Waals surface area contributed by atoms with E-state index in [1.807, 2.05) is 18.3 Å². The van der Waals surface area contributed by atoms with Gasteiger partial charge >= 0.3 is 0 Å². The van der Waals surface area contributed by atoms with Crippen LogP contribution >= 0.6 is 35.6 Å². The van der Waals surface area contributed by atoms with E-state index in [2.05, 4.69) is 30.0 Å². The number of hydrogen-bond donors (Lipinski definition) is 0. The number of rotatable bonds is 5. The number of halogens is 3. The van der Waals surface area contributed by atoms with E-state index in [-0.39, 0.29) is 12.4 Å². The van der Waals surface area contributed by atoms with E-state index in [4.69, 9.17) is 27.9 Å². The van der Waals surface area contributed by atoms with Gasteiger partial charge in [0.25, 0.3) is 0 Å². The Bertz CT molecular complexity index is 919. The van der Waals surface area contributed by atoms with Crippen molar-refractivity contribution in [1.29, 1.82) is 0 Å². The first-order chi connectivity index (χ1) is 11.5. The third kappa shape index (κ3) is 3.79. The van der Waals surface area contributed by atoms with Crippen molar-refractivity contribution in [3.8, 4) is 5.75 Å². The standard InChI is InChI=1S/C19H18Cl2N2O.ClH/c1-4-9-23-13(3)12(2)15-7-8-22-18(19(15)23)11-24-14-5-6-16(20)17(21)10-14;/h4-8,10H,1,9,11H2,2-3H3;1H. The number of benzene rings is 1. The third-order valence-corrected chi connectivity index (χ3v) is 4.94. The Morgan fingerprint density at radius 2 is 1.96 bits per heavy atom. The largest absolute Gasteiger partial charge is 0.487 e. The number of fused-ring (bicyclic) bond motifs is 1. The normalized spacial score (nSPS) is 10.6. The smallest absolute Gasteiger partial charge is 0.132 e. The van der Waals surface area contributed by atoms with E-state index in [0.717, 1.165) is 17.8 Å². The van der Waals surface area contributed by atoms with E-state index < -0.39 is 0 Å². The number of hydrogen-bond acceptors (Lipinski definition) is 2. The molecule has 0 aliphatic heterocycles. The van der Waals surface area contributed by atoms with Crippen LogP contribution in [0, 0.1) is 13.8 Å². The molecule has 0 aliphatic carbocycles. The number of ether oxygens (including phenoxy) is 1. The molecule has 0 saturated heterocycles. The average molecular weight is 398 g/mol. The fourth-order valence-corrected chi connectivity index (χ4v) is 3.14. The fraction of sp³-hybridized carbons (Fsp3) is 0.211. The molecular weight excluding hydrogens is 379 g/mol. The first kappa shape index (κ1) is 19.6. The van der Waals surface area contributed by atoms with Gasteiger partial charge in [-0.1, -0.05) is 29.3 Å². The van der Waals surface area contributed by atoms with Gasteiger partial charge in [-0.15, -0.1) is 19.0 Å². The van der Waals surface area contributed by atoms with Crippen molar-refractivity contribution in [3.05, 3.63) is 70.1 Å². The molecule has 6 heteroatoms. The molecule has 3 aromatic rings. The monoisotopic (exact) mass is 396 g/mol. The predicted molar refractivity (Wildman–Crippen MR) is 107 cm³/mol.